The van der Waals surface area contributed by atoms with Gasteiger partial charge < -0.3 is 4.74 Å². The lowest BCUT2D eigenvalue weighted by Gasteiger charge is -2.31. The minimum atomic E-state index is -3.67. The molecule has 21 heavy (non-hydrogen) atoms. The number of ether oxygens (including phenoxy) is 1. The van der Waals surface area contributed by atoms with Crippen molar-refractivity contribution in [3.8, 4) is 0 Å². The van der Waals surface area contributed by atoms with Gasteiger partial charge in [-0.3, -0.25) is 0 Å². The second-order valence-corrected chi connectivity index (χ2v) is 8.61. The monoisotopic (exact) mass is 415 g/mol. The standard InChI is InChI=1S/C13H16BrCl2NO3S/c1-20-8-9-2-4-17(5-3-9)21(18,19)13-11(15)6-10(14)7-12(13)16/h6-7,9H,2-5,8H2,1H3. The van der Waals surface area contributed by atoms with Gasteiger partial charge in [-0.2, -0.15) is 4.31 Å². The summed E-state index contributed by atoms with van der Waals surface area (Å²) in [5, 5.41) is 0.266. The van der Waals surface area contributed by atoms with Crippen LogP contribution in [0.2, 0.25) is 10.0 Å². The van der Waals surface area contributed by atoms with Crippen LogP contribution in [0, 0.1) is 5.92 Å². The summed E-state index contributed by atoms with van der Waals surface area (Å²) < 4.78 is 32.6. The maximum absolute atomic E-state index is 12.7. The van der Waals surface area contributed by atoms with Crippen molar-refractivity contribution in [1.29, 1.82) is 0 Å². The van der Waals surface area contributed by atoms with Gasteiger partial charge in [-0.05, 0) is 30.9 Å². The summed E-state index contributed by atoms with van der Waals surface area (Å²) in [5.41, 5.74) is 0. The molecule has 0 radical (unpaired) electrons. The van der Waals surface area contributed by atoms with Gasteiger partial charge in [0.1, 0.15) is 4.90 Å². The normalized spacial score (nSPS) is 18.1. The zero-order valence-electron chi connectivity index (χ0n) is 11.5. The van der Waals surface area contributed by atoms with Gasteiger partial charge >= 0.3 is 0 Å². The highest BCUT2D eigenvalue weighted by molar-refractivity contribution is 9.10. The van der Waals surface area contributed by atoms with E-state index in [1.165, 1.54) is 16.4 Å². The molecule has 1 aromatic rings. The number of benzene rings is 1. The van der Waals surface area contributed by atoms with E-state index in [-0.39, 0.29) is 14.9 Å². The number of hydrogen-bond donors (Lipinski definition) is 0. The van der Waals surface area contributed by atoms with E-state index in [1.54, 1.807) is 7.11 Å². The van der Waals surface area contributed by atoms with Crippen LogP contribution >= 0.6 is 39.1 Å². The number of hydrogen-bond acceptors (Lipinski definition) is 3. The zero-order chi connectivity index (χ0) is 15.6. The lowest BCUT2D eigenvalue weighted by atomic mass is 9.99. The maximum Gasteiger partial charge on any atom is 0.246 e. The molecule has 0 atom stereocenters. The predicted molar refractivity (Wildman–Crippen MR) is 87.5 cm³/mol. The van der Waals surface area contributed by atoms with Gasteiger partial charge in [0.25, 0.3) is 0 Å². The van der Waals surface area contributed by atoms with Crippen molar-refractivity contribution in [3.05, 3.63) is 26.7 Å². The lowest BCUT2D eigenvalue weighted by molar-refractivity contribution is 0.121. The molecule has 1 aromatic carbocycles. The molecular formula is C13H16BrCl2NO3S. The molecule has 0 bridgehead atoms. The van der Waals surface area contributed by atoms with Crippen molar-refractivity contribution in [2.24, 2.45) is 5.92 Å². The third-order valence-electron chi connectivity index (χ3n) is 3.54. The van der Waals surface area contributed by atoms with E-state index < -0.39 is 10.0 Å². The molecule has 1 aliphatic heterocycles. The van der Waals surface area contributed by atoms with Crippen molar-refractivity contribution in [2.45, 2.75) is 17.7 Å². The second-order valence-electron chi connectivity index (χ2n) is 5.00. The summed E-state index contributed by atoms with van der Waals surface area (Å²) in [6.07, 6.45) is 1.55. The summed E-state index contributed by atoms with van der Waals surface area (Å²) in [6, 6.07) is 3.08. The lowest BCUT2D eigenvalue weighted by Crippen LogP contribution is -2.39. The van der Waals surface area contributed by atoms with Crippen molar-refractivity contribution in [3.63, 3.8) is 0 Å². The Kier molecular flexibility index (Phi) is 5.96. The summed E-state index contributed by atoms with van der Waals surface area (Å²) in [7, 11) is -2.01. The van der Waals surface area contributed by atoms with Crippen molar-refractivity contribution < 1.29 is 13.2 Å². The first-order valence-electron chi connectivity index (χ1n) is 6.50. The SMILES string of the molecule is COCC1CCN(S(=O)(=O)c2c(Cl)cc(Br)cc2Cl)CC1. The Morgan fingerprint density at radius 2 is 1.81 bits per heavy atom. The third kappa shape index (κ3) is 3.92. The van der Waals surface area contributed by atoms with Crippen LogP contribution < -0.4 is 0 Å². The predicted octanol–water partition coefficient (Wildman–Crippen LogP) is 3.80. The molecule has 0 aliphatic carbocycles. The molecular weight excluding hydrogens is 401 g/mol. The minimum absolute atomic E-state index is 0.0146. The fourth-order valence-electron chi connectivity index (χ4n) is 2.46. The minimum Gasteiger partial charge on any atom is -0.384 e. The highest BCUT2D eigenvalue weighted by Crippen LogP contribution is 2.35. The van der Waals surface area contributed by atoms with Crippen molar-refractivity contribution in [1.82, 2.24) is 4.31 Å². The van der Waals surface area contributed by atoms with Crippen molar-refractivity contribution in [2.75, 3.05) is 26.8 Å². The Hall–Kier alpha value is 0.150. The highest BCUT2D eigenvalue weighted by atomic mass is 79.9. The topological polar surface area (TPSA) is 46.6 Å². The van der Waals surface area contributed by atoms with Gasteiger partial charge in [0.05, 0.1) is 10.0 Å². The summed E-state index contributed by atoms with van der Waals surface area (Å²) >= 11 is 15.4. The Labute approximate surface area is 143 Å². The highest BCUT2D eigenvalue weighted by Gasteiger charge is 2.32. The first-order chi connectivity index (χ1) is 9.86. The van der Waals surface area contributed by atoms with Gasteiger partial charge in [-0.15, -0.1) is 0 Å². The number of halogens is 3. The van der Waals surface area contributed by atoms with E-state index in [1.807, 2.05) is 0 Å². The molecule has 0 aromatic heterocycles. The molecule has 2 rings (SSSR count). The maximum atomic E-state index is 12.7. The van der Waals surface area contributed by atoms with Gasteiger partial charge in [0, 0.05) is 31.3 Å². The number of nitrogens with zero attached hydrogens (tertiary/aromatic N) is 1. The second kappa shape index (κ2) is 7.15. The Bertz CT molecular complexity index is 593. The third-order valence-corrected chi connectivity index (χ3v) is 6.82. The van der Waals surface area contributed by atoms with Crippen LogP contribution in [0.1, 0.15) is 12.8 Å². The molecule has 4 nitrogen and oxygen atoms in total. The Morgan fingerprint density at radius 1 is 1.29 bits per heavy atom. The first-order valence-corrected chi connectivity index (χ1v) is 9.48. The van der Waals surface area contributed by atoms with E-state index in [9.17, 15) is 8.42 Å². The molecule has 1 saturated heterocycles. The van der Waals surface area contributed by atoms with Crippen LogP contribution in [-0.4, -0.2) is 39.5 Å². The number of piperidine rings is 1. The van der Waals surface area contributed by atoms with Gasteiger partial charge in [-0.1, -0.05) is 39.1 Å². The van der Waals surface area contributed by atoms with Crippen LogP contribution in [0.25, 0.3) is 0 Å². The quantitative estimate of drug-likeness (QED) is 0.749. The fraction of sp³-hybridized carbons (Fsp3) is 0.538. The molecule has 1 fully saturated rings. The van der Waals surface area contributed by atoms with Crippen LogP contribution in [0.5, 0.6) is 0 Å². The largest absolute Gasteiger partial charge is 0.384 e. The molecule has 0 unspecified atom stereocenters. The van der Waals surface area contributed by atoms with Crippen LogP contribution in [-0.2, 0) is 14.8 Å². The molecule has 118 valence electrons. The average Bonchev–Trinajstić information content (AvgIpc) is 2.38. The molecule has 0 N–H and O–H groups in total. The van der Waals surface area contributed by atoms with Crippen LogP contribution in [0.15, 0.2) is 21.5 Å². The number of methoxy groups -OCH3 is 1. The molecule has 0 amide bonds. The Morgan fingerprint density at radius 3 is 2.29 bits per heavy atom. The van der Waals surface area contributed by atoms with E-state index >= 15 is 0 Å². The molecule has 1 aliphatic rings. The van der Waals surface area contributed by atoms with E-state index in [0.717, 1.165) is 12.8 Å². The van der Waals surface area contributed by atoms with E-state index in [2.05, 4.69) is 15.9 Å². The van der Waals surface area contributed by atoms with Gasteiger partial charge in [0.2, 0.25) is 10.0 Å². The van der Waals surface area contributed by atoms with Gasteiger partial charge in [0.15, 0.2) is 0 Å². The van der Waals surface area contributed by atoms with Crippen LogP contribution in [0.4, 0.5) is 0 Å². The smallest absolute Gasteiger partial charge is 0.246 e. The summed E-state index contributed by atoms with van der Waals surface area (Å²) in [4.78, 5) is -0.0146. The Balaban J connectivity index is 2.24. The van der Waals surface area contributed by atoms with E-state index in [0.29, 0.717) is 30.1 Å². The molecule has 0 saturated carbocycles. The summed E-state index contributed by atoms with van der Waals surface area (Å²) in [5.74, 6) is 0.400. The number of sulfonamides is 1. The first kappa shape index (κ1) is 17.5. The fourth-order valence-corrected chi connectivity index (χ4v) is 5.81. The molecule has 1 heterocycles. The summed E-state index contributed by atoms with van der Waals surface area (Å²) in [6.45, 7) is 1.58. The molecule has 8 heteroatoms. The van der Waals surface area contributed by atoms with Crippen molar-refractivity contribution >= 4 is 49.2 Å². The van der Waals surface area contributed by atoms with Crippen LogP contribution in [0.3, 0.4) is 0 Å². The average molecular weight is 417 g/mol. The van der Waals surface area contributed by atoms with Gasteiger partial charge in [-0.25, -0.2) is 8.42 Å². The van der Waals surface area contributed by atoms with E-state index in [4.69, 9.17) is 27.9 Å². The molecule has 0 spiro atoms. The zero-order valence-corrected chi connectivity index (χ0v) is 15.4. The number of rotatable bonds is 4.